The molecule has 0 radical (unpaired) electrons. The van der Waals surface area contributed by atoms with Crippen molar-refractivity contribution in [1.82, 2.24) is 4.90 Å². The average molecular weight is 438 g/mol. The van der Waals surface area contributed by atoms with Crippen LogP contribution in [0.3, 0.4) is 0 Å². The fourth-order valence-corrected chi connectivity index (χ4v) is 5.01. The summed E-state index contributed by atoms with van der Waals surface area (Å²) in [6.07, 6.45) is 3.03. The molecule has 172 valence electrons. The SMILES string of the molecule is CC(=O)N(CC[C@@H](c1ccc(C)cc1)[C@@H]1CCOC(C)(C)C1)Cc1ccc2c(c1)OCO2. The fourth-order valence-electron chi connectivity index (χ4n) is 5.01. The lowest BCUT2D eigenvalue weighted by Gasteiger charge is -2.40. The highest BCUT2D eigenvalue weighted by atomic mass is 16.7. The lowest BCUT2D eigenvalue weighted by atomic mass is 9.75. The van der Waals surface area contributed by atoms with Crippen molar-refractivity contribution in [3.05, 3.63) is 59.2 Å². The maximum atomic E-state index is 12.5. The predicted octanol–water partition coefficient (Wildman–Crippen LogP) is 5.45. The molecule has 2 atom stereocenters. The van der Waals surface area contributed by atoms with E-state index in [9.17, 15) is 4.79 Å². The van der Waals surface area contributed by atoms with Gasteiger partial charge in [0.1, 0.15) is 0 Å². The van der Waals surface area contributed by atoms with Crippen LogP contribution in [0, 0.1) is 12.8 Å². The number of benzene rings is 2. The Balaban J connectivity index is 1.49. The maximum Gasteiger partial charge on any atom is 0.231 e. The molecule has 2 aliphatic heterocycles. The Kier molecular flexibility index (Phi) is 6.75. The Morgan fingerprint density at radius 3 is 2.59 bits per heavy atom. The van der Waals surface area contributed by atoms with E-state index in [0.29, 0.717) is 18.4 Å². The van der Waals surface area contributed by atoms with Crippen molar-refractivity contribution >= 4 is 5.91 Å². The summed E-state index contributed by atoms with van der Waals surface area (Å²) in [7, 11) is 0. The van der Waals surface area contributed by atoms with Gasteiger partial charge in [0.15, 0.2) is 11.5 Å². The number of rotatable bonds is 7. The second-order valence-corrected chi connectivity index (χ2v) is 9.80. The highest BCUT2D eigenvalue weighted by Gasteiger charge is 2.34. The van der Waals surface area contributed by atoms with E-state index < -0.39 is 0 Å². The van der Waals surface area contributed by atoms with Gasteiger partial charge in [-0.1, -0.05) is 35.9 Å². The van der Waals surface area contributed by atoms with Crippen LogP contribution < -0.4 is 9.47 Å². The van der Waals surface area contributed by atoms with E-state index in [0.717, 1.165) is 49.5 Å². The van der Waals surface area contributed by atoms with Crippen molar-refractivity contribution in [2.75, 3.05) is 19.9 Å². The molecule has 5 heteroatoms. The predicted molar refractivity (Wildman–Crippen MR) is 125 cm³/mol. The first-order valence-electron chi connectivity index (χ1n) is 11.7. The number of nitrogens with zero attached hydrogens (tertiary/aromatic N) is 1. The van der Waals surface area contributed by atoms with E-state index >= 15 is 0 Å². The van der Waals surface area contributed by atoms with Gasteiger partial charge in [-0.05, 0) is 75.1 Å². The normalized spacial score (nSPS) is 20.1. The van der Waals surface area contributed by atoms with Crippen LogP contribution in [0.1, 0.15) is 62.6 Å². The molecule has 2 aromatic rings. The summed E-state index contributed by atoms with van der Waals surface area (Å²) in [5.41, 5.74) is 3.60. The number of amides is 1. The topological polar surface area (TPSA) is 48.0 Å². The molecule has 0 spiro atoms. The third kappa shape index (κ3) is 5.44. The van der Waals surface area contributed by atoms with Crippen LogP contribution in [0.15, 0.2) is 42.5 Å². The van der Waals surface area contributed by atoms with Gasteiger partial charge in [-0.25, -0.2) is 0 Å². The summed E-state index contributed by atoms with van der Waals surface area (Å²) in [6, 6.07) is 14.8. The average Bonchev–Trinajstić information content (AvgIpc) is 3.21. The molecule has 0 N–H and O–H groups in total. The Morgan fingerprint density at radius 1 is 1.12 bits per heavy atom. The third-order valence-electron chi connectivity index (χ3n) is 6.78. The number of ether oxygens (including phenoxy) is 3. The van der Waals surface area contributed by atoms with Gasteiger partial charge in [0.2, 0.25) is 12.7 Å². The molecule has 2 aliphatic rings. The van der Waals surface area contributed by atoms with Gasteiger partial charge in [-0.3, -0.25) is 4.79 Å². The first-order chi connectivity index (χ1) is 15.3. The Morgan fingerprint density at radius 2 is 1.88 bits per heavy atom. The molecular weight excluding hydrogens is 402 g/mol. The smallest absolute Gasteiger partial charge is 0.231 e. The molecule has 0 saturated carbocycles. The van der Waals surface area contributed by atoms with E-state index in [2.05, 4.69) is 45.0 Å². The summed E-state index contributed by atoms with van der Waals surface area (Å²) >= 11 is 0. The molecule has 32 heavy (non-hydrogen) atoms. The molecule has 0 unspecified atom stereocenters. The molecule has 2 aromatic carbocycles. The number of carbonyl (C=O) groups is 1. The number of hydrogen-bond donors (Lipinski definition) is 0. The van der Waals surface area contributed by atoms with Crippen LogP contribution in [-0.2, 0) is 16.1 Å². The van der Waals surface area contributed by atoms with E-state index in [1.807, 2.05) is 23.1 Å². The summed E-state index contributed by atoms with van der Waals surface area (Å²) < 4.78 is 16.9. The number of hydrogen-bond acceptors (Lipinski definition) is 4. The van der Waals surface area contributed by atoms with Gasteiger partial charge in [-0.2, -0.15) is 0 Å². The Bertz CT molecular complexity index is 937. The summed E-state index contributed by atoms with van der Waals surface area (Å²) in [5, 5.41) is 0. The molecule has 5 nitrogen and oxygen atoms in total. The van der Waals surface area contributed by atoms with E-state index in [1.165, 1.54) is 11.1 Å². The largest absolute Gasteiger partial charge is 0.454 e. The van der Waals surface area contributed by atoms with E-state index in [-0.39, 0.29) is 18.3 Å². The van der Waals surface area contributed by atoms with Gasteiger partial charge in [0.05, 0.1) is 5.60 Å². The standard InChI is InChI=1S/C27H35NO4/c1-19-5-8-22(9-6-19)24(23-12-14-32-27(3,4)16-23)11-13-28(20(2)29)17-21-7-10-25-26(15-21)31-18-30-25/h5-10,15,23-24H,11-14,16-18H2,1-4H3/t23-,24+/m1/s1. The minimum Gasteiger partial charge on any atom is -0.454 e. The zero-order chi connectivity index (χ0) is 22.7. The third-order valence-corrected chi connectivity index (χ3v) is 6.78. The molecule has 0 aliphatic carbocycles. The maximum absolute atomic E-state index is 12.5. The fraction of sp³-hybridized carbons (Fsp3) is 0.519. The minimum absolute atomic E-state index is 0.0950. The summed E-state index contributed by atoms with van der Waals surface area (Å²) in [6.45, 7) is 10.5. The second kappa shape index (κ2) is 9.53. The first-order valence-corrected chi connectivity index (χ1v) is 11.7. The lowest BCUT2D eigenvalue weighted by molar-refractivity contribution is -0.129. The lowest BCUT2D eigenvalue weighted by Crippen LogP contribution is -2.37. The van der Waals surface area contributed by atoms with Gasteiger partial charge < -0.3 is 19.1 Å². The highest BCUT2D eigenvalue weighted by molar-refractivity contribution is 5.73. The van der Waals surface area contributed by atoms with Crippen LogP contribution >= 0.6 is 0 Å². The van der Waals surface area contributed by atoms with Crippen molar-refractivity contribution in [2.45, 2.75) is 65.0 Å². The van der Waals surface area contributed by atoms with E-state index in [1.54, 1.807) is 6.92 Å². The van der Waals surface area contributed by atoms with Crippen molar-refractivity contribution in [1.29, 1.82) is 0 Å². The van der Waals surface area contributed by atoms with Crippen molar-refractivity contribution in [3.63, 3.8) is 0 Å². The molecule has 1 fully saturated rings. The molecule has 1 saturated heterocycles. The zero-order valence-electron chi connectivity index (χ0n) is 19.7. The minimum atomic E-state index is -0.0986. The number of carbonyl (C=O) groups excluding carboxylic acids is 1. The zero-order valence-corrected chi connectivity index (χ0v) is 19.7. The van der Waals surface area contributed by atoms with Crippen LogP contribution in [0.5, 0.6) is 11.5 Å². The van der Waals surface area contributed by atoms with E-state index in [4.69, 9.17) is 14.2 Å². The molecule has 4 rings (SSSR count). The Hall–Kier alpha value is -2.53. The van der Waals surface area contributed by atoms with Gasteiger partial charge >= 0.3 is 0 Å². The van der Waals surface area contributed by atoms with Gasteiger partial charge in [-0.15, -0.1) is 0 Å². The first kappa shape index (κ1) is 22.7. The van der Waals surface area contributed by atoms with Gasteiger partial charge in [0, 0.05) is 26.6 Å². The second-order valence-electron chi connectivity index (χ2n) is 9.80. The van der Waals surface area contributed by atoms with Crippen molar-refractivity contribution < 1.29 is 19.0 Å². The highest BCUT2D eigenvalue weighted by Crippen LogP contribution is 2.40. The summed E-state index contributed by atoms with van der Waals surface area (Å²) in [5.74, 6) is 2.56. The molecule has 0 bridgehead atoms. The number of aryl methyl sites for hydroxylation is 1. The Labute approximate surface area is 191 Å². The van der Waals surface area contributed by atoms with Crippen molar-refractivity contribution in [2.24, 2.45) is 5.92 Å². The molecular formula is C27H35NO4. The monoisotopic (exact) mass is 437 g/mol. The van der Waals surface area contributed by atoms with Gasteiger partial charge in [0.25, 0.3) is 0 Å². The molecule has 0 aromatic heterocycles. The van der Waals surface area contributed by atoms with Crippen molar-refractivity contribution in [3.8, 4) is 11.5 Å². The molecule has 1 amide bonds. The molecule has 2 heterocycles. The summed E-state index contributed by atoms with van der Waals surface area (Å²) in [4.78, 5) is 14.5. The quantitative estimate of drug-likeness (QED) is 0.578. The van der Waals surface area contributed by atoms with Crippen LogP contribution in [0.4, 0.5) is 0 Å². The van der Waals surface area contributed by atoms with Crippen LogP contribution in [0.2, 0.25) is 0 Å². The van der Waals surface area contributed by atoms with Crippen LogP contribution in [-0.4, -0.2) is 36.4 Å². The van der Waals surface area contributed by atoms with Crippen LogP contribution in [0.25, 0.3) is 0 Å². The number of fused-ring (bicyclic) bond motifs is 1.